The summed E-state index contributed by atoms with van der Waals surface area (Å²) in [5, 5.41) is 0. The number of amides is 1. The third-order valence-corrected chi connectivity index (χ3v) is 2.92. The van der Waals surface area contributed by atoms with Crippen LogP contribution in [-0.4, -0.2) is 28.9 Å². The molecule has 100 valence electrons. The van der Waals surface area contributed by atoms with Gasteiger partial charge in [-0.25, -0.2) is 0 Å². The number of hydrogen-bond donors (Lipinski definition) is 1. The summed E-state index contributed by atoms with van der Waals surface area (Å²) in [5.74, 6) is -0.0502. The molecule has 18 heavy (non-hydrogen) atoms. The van der Waals surface area contributed by atoms with Gasteiger partial charge in [-0.1, -0.05) is 26.8 Å². The van der Waals surface area contributed by atoms with E-state index in [0.717, 1.165) is 11.4 Å². The van der Waals surface area contributed by atoms with Crippen LogP contribution in [0.25, 0.3) is 0 Å². The average molecular weight is 249 g/mol. The molecule has 0 saturated heterocycles. The number of carbonyl (C=O) groups is 1. The number of pyridine rings is 1. The van der Waals surface area contributed by atoms with E-state index >= 15 is 0 Å². The summed E-state index contributed by atoms with van der Waals surface area (Å²) >= 11 is 0. The Labute approximate surface area is 109 Å². The van der Waals surface area contributed by atoms with Crippen LogP contribution in [-0.2, 0) is 11.3 Å². The van der Waals surface area contributed by atoms with Gasteiger partial charge in [0, 0.05) is 12.7 Å². The molecule has 4 heteroatoms. The van der Waals surface area contributed by atoms with Crippen LogP contribution in [0.4, 0.5) is 0 Å². The predicted molar refractivity (Wildman–Crippen MR) is 72.9 cm³/mol. The normalized spacial score (nSPS) is 13.2. The van der Waals surface area contributed by atoms with E-state index in [-0.39, 0.29) is 11.3 Å². The first-order valence-corrected chi connectivity index (χ1v) is 6.15. The summed E-state index contributed by atoms with van der Waals surface area (Å²) in [6, 6.07) is 5.30. The second-order valence-electron chi connectivity index (χ2n) is 5.81. The number of nitrogens with zero attached hydrogens (tertiary/aromatic N) is 2. The molecule has 4 nitrogen and oxygen atoms in total. The number of carbonyl (C=O) groups excluding carboxylic acids is 1. The van der Waals surface area contributed by atoms with E-state index in [4.69, 9.17) is 5.73 Å². The molecular formula is C14H23N3O. The third kappa shape index (κ3) is 3.81. The highest BCUT2D eigenvalue weighted by Crippen LogP contribution is 2.19. The first-order chi connectivity index (χ1) is 8.21. The van der Waals surface area contributed by atoms with E-state index in [1.165, 1.54) is 0 Å². The van der Waals surface area contributed by atoms with Crippen molar-refractivity contribution in [2.45, 2.75) is 40.3 Å². The topological polar surface area (TPSA) is 59.2 Å². The molecule has 0 saturated carbocycles. The van der Waals surface area contributed by atoms with Crippen molar-refractivity contribution in [2.24, 2.45) is 11.1 Å². The molecule has 1 amide bonds. The highest BCUT2D eigenvalue weighted by atomic mass is 16.2. The lowest BCUT2D eigenvalue weighted by molar-refractivity contribution is -0.134. The minimum atomic E-state index is -0.493. The maximum absolute atomic E-state index is 12.2. The van der Waals surface area contributed by atoms with Gasteiger partial charge in [-0.05, 0) is 24.5 Å². The lowest BCUT2D eigenvalue weighted by Crippen LogP contribution is -2.49. The molecule has 0 aliphatic carbocycles. The minimum Gasteiger partial charge on any atom is -0.338 e. The summed E-state index contributed by atoms with van der Waals surface area (Å²) < 4.78 is 0. The summed E-state index contributed by atoms with van der Waals surface area (Å²) in [7, 11) is 1.76. The number of rotatable bonds is 3. The van der Waals surface area contributed by atoms with Crippen molar-refractivity contribution in [3.63, 3.8) is 0 Å². The predicted octanol–water partition coefficient (Wildman–Crippen LogP) is 1.72. The fourth-order valence-corrected chi connectivity index (χ4v) is 1.62. The molecule has 1 atom stereocenters. The van der Waals surface area contributed by atoms with Gasteiger partial charge in [0.15, 0.2) is 0 Å². The maximum atomic E-state index is 12.2. The standard InChI is InChI=1S/C14H23N3O/c1-10-7-6-8-11(16-10)9-17(5)13(18)12(15)14(2,3)4/h6-8,12H,9,15H2,1-5H3. The first-order valence-electron chi connectivity index (χ1n) is 6.15. The Kier molecular flexibility index (Phi) is 4.46. The van der Waals surface area contributed by atoms with Crippen LogP contribution in [0.1, 0.15) is 32.2 Å². The van der Waals surface area contributed by atoms with E-state index < -0.39 is 6.04 Å². The molecule has 0 spiro atoms. The van der Waals surface area contributed by atoms with E-state index in [9.17, 15) is 4.79 Å². The molecule has 1 rings (SSSR count). The largest absolute Gasteiger partial charge is 0.338 e. The molecule has 0 radical (unpaired) electrons. The molecular weight excluding hydrogens is 226 g/mol. The summed E-state index contributed by atoms with van der Waals surface area (Å²) in [6.07, 6.45) is 0. The van der Waals surface area contributed by atoms with Crippen molar-refractivity contribution in [1.29, 1.82) is 0 Å². The molecule has 1 aromatic rings. The quantitative estimate of drug-likeness (QED) is 0.887. The highest BCUT2D eigenvalue weighted by molar-refractivity contribution is 5.82. The van der Waals surface area contributed by atoms with Crippen LogP contribution >= 0.6 is 0 Å². The lowest BCUT2D eigenvalue weighted by atomic mass is 9.86. The van der Waals surface area contributed by atoms with E-state index in [1.807, 2.05) is 45.9 Å². The number of nitrogens with two attached hydrogens (primary N) is 1. The van der Waals surface area contributed by atoms with E-state index in [0.29, 0.717) is 6.54 Å². The summed E-state index contributed by atoms with van der Waals surface area (Å²) in [4.78, 5) is 18.2. The minimum absolute atomic E-state index is 0.0502. The average Bonchev–Trinajstić information content (AvgIpc) is 2.25. The molecule has 0 aromatic carbocycles. The second-order valence-corrected chi connectivity index (χ2v) is 5.81. The Hall–Kier alpha value is -1.42. The van der Waals surface area contributed by atoms with Crippen molar-refractivity contribution in [1.82, 2.24) is 9.88 Å². The maximum Gasteiger partial charge on any atom is 0.240 e. The Morgan fingerprint density at radius 3 is 2.56 bits per heavy atom. The Morgan fingerprint density at radius 1 is 1.44 bits per heavy atom. The SMILES string of the molecule is Cc1cccc(CN(C)C(=O)C(N)C(C)(C)C)n1. The Morgan fingerprint density at radius 2 is 2.06 bits per heavy atom. The molecule has 0 bridgehead atoms. The number of aryl methyl sites for hydroxylation is 1. The molecule has 0 fully saturated rings. The zero-order valence-electron chi connectivity index (χ0n) is 11.9. The zero-order chi connectivity index (χ0) is 13.9. The molecule has 0 aliphatic heterocycles. The van der Waals surface area contributed by atoms with Crippen LogP contribution in [0.15, 0.2) is 18.2 Å². The summed E-state index contributed by atoms with van der Waals surface area (Å²) in [5.41, 5.74) is 7.57. The molecule has 1 aromatic heterocycles. The number of likely N-dealkylation sites (N-methyl/N-ethyl adjacent to an activating group) is 1. The fraction of sp³-hybridized carbons (Fsp3) is 0.571. The van der Waals surface area contributed by atoms with Crippen LogP contribution in [0, 0.1) is 12.3 Å². The van der Waals surface area contributed by atoms with Crippen LogP contribution in [0.2, 0.25) is 0 Å². The molecule has 1 heterocycles. The van der Waals surface area contributed by atoms with Gasteiger partial charge >= 0.3 is 0 Å². The monoisotopic (exact) mass is 249 g/mol. The van der Waals surface area contributed by atoms with Crippen molar-refractivity contribution < 1.29 is 4.79 Å². The number of aromatic nitrogens is 1. The Bertz CT molecular complexity index is 423. The first kappa shape index (κ1) is 14.6. The zero-order valence-corrected chi connectivity index (χ0v) is 11.9. The Balaban J connectivity index is 2.71. The van der Waals surface area contributed by atoms with Crippen molar-refractivity contribution in [2.75, 3.05) is 7.05 Å². The van der Waals surface area contributed by atoms with Gasteiger partial charge in [-0.15, -0.1) is 0 Å². The van der Waals surface area contributed by atoms with Crippen LogP contribution in [0.5, 0.6) is 0 Å². The van der Waals surface area contributed by atoms with Gasteiger partial charge in [0.1, 0.15) is 0 Å². The lowest BCUT2D eigenvalue weighted by Gasteiger charge is -2.29. The van der Waals surface area contributed by atoms with Gasteiger partial charge < -0.3 is 10.6 Å². The van der Waals surface area contributed by atoms with Gasteiger partial charge in [0.05, 0.1) is 18.3 Å². The van der Waals surface area contributed by atoms with Gasteiger partial charge in [0.2, 0.25) is 5.91 Å². The molecule has 0 aliphatic rings. The van der Waals surface area contributed by atoms with E-state index in [2.05, 4.69) is 4.98 Å². The molecule has 1 unspecified atom stereocenters. The van der Waals surface area contributed by atoms with Gasteiger partial charge in [0.25, 0.3) is 0 Å². The van der Waals surface area contributed by atoms with Gasteiger partial charge in [-0.2, -0.15) is 0 Å². The van der Waals surface area contributed by atoms with Crippen LogP contribution in [0.3, 0.4) is 0 Å². The third-order valence-electron chi connectivity index (χ3n) is 2.92. The highest BCUT2D eigenvalue weighted by Gasteiger charge is 2.29. The van der Waals surface area contributed by atoms with E-state index in [1.54, 1.807) is 11.9 Å². The second kappa shape index (κ2) is 5.48. The van der Waals surface area contributed by atoms with Gasteiger partial charge in [-0.3, -0.25) is 9.78 Å². The van der Waals surface area contributed by atoms with Crippen molar-refractivity contribution in [3.8, 4) is 0 Å². The number of hydrogen-bond acceptors (Lipinski definition) is 3. The van der Waals surface area contributed by atoms with Crippen LogP contribution < -0.4 is 5.73 Å². The van der Waals surface area contributed by atoms with Crippen molar-refractivity contribution in [3.05, 3.63) is 29.6 Å². The smallest absolute Gasteiger partial charge is 0.240 e. The summed E-state index contributed by atoms with van der Waals surface area (Å²) in [6.45, 7) is 8.33. The molecule has 2 N–H and O–H groups in total. The fourth-order valence-electron chi connectivity index (χ4n) is 1.62. The van der Waals surface area contributed by atoms with Crippen molar-refractivity contribution >= 4 is 5.91 Å².